The van der Waals surface area contributed by atoms with Crippen molar-refractivity contribution in [1.82, 2.24) is 34.9 Å². The number of anilines is 4. The second kappa shape index (κ2) is 14.2. The highest BCUT2D eigenvalue weighted by molar-refractivity contribution is 5.73. The van der Waals surface area contributed by atoms with Gasteiger partial charge in [0.25, 0.3) is 0 Å². The Morgan fingerprint density at radius 3 is 2.35 bits per heavy atom. The third-order valence-electron chi connectivity index (χ3n) is 10.1. The molecule has 3 aliphatic heterocycles. The Balaban J connectivity index is 0.988. The third kappa shape index (κ3) is 6.92. The number of piperidine rings is 1. The molecule has 0 aliphatic carbocycles. The van der Waals surface area contributed by atoms with Crippen LogP contribution >= 0.6 is 0 Å². The van der Waals surface area contributed by atoms with E-state index in [1.54, 1.807) is 4.90 Å². The molecule has 3 aliphatic rings. The zero-order valence-corrected chi connectivity index (χ0v) is 27.8. The summed E-state index contributed by atoms with van der Waals surface area (Å²) in [7, 11) is 0. The molecule has 2 aromatic heterocycles. The molecule has 1 atom stereocenters. The standard InChI is InChI=1S/C35H45N11O2/c1-3-42-16-18-44(19-17-42)30-12-14-43(15-13-30)29-10-8-28(9-11-29)39-35-37-22-25(2)32(40-35)45-20-21-46(34(36)47)31(23-45)26-4-6-27(7-5-26)33-41-38-24-48-33/h4-11,22,24,30-31H,3,12-21,23H2,1-2H3,(H2,36,47)(H,37,39,40). The first-order chi connectivity index (χ1) is 23.4. The number of nitrogens with two attached hydrogens (primary N) is 1. The minimum Gasteiger partial charge on any atom is -0.423 e. The maximum Gasteiger partial charge on any atom is 0.315 e. The maximum absolute atomic E-state index is 12.4. The van der Waals surface area contributed by atoms with Crippen molar-refractivity contribution in [1.29, 1.82) is 0 Å². The van der Waals surface area contributed by atoms with Crippen LogP contribution in [-0.4, -0.2) is 112 Å². The fourth-order valence-electron chi connectivity index (χ4n) is 7.30. The zero-order valence-electron chi connectivity index (χ0n) is 27.8. The number of hydrogen-bond acceptors (Lipinski definition) is 11. The van der Waals surface area contributed by atoms with Crippen LogP contribution in [0.3, 0.4) is 0 Å². The lowest BCUT2D eigenvalue weighted by molar-refractivity contribution is 0.0878. The smallest absolute Gasteiger partial charge is 0.315 e. The van der Waals surface area contributed by atoms with Crippen LogP contribution in [0.15, 0.2) is 65.5 Å². The number of aryl methyl sites for hydroxylation is 1. The van der Waals surface area contributed by atoms with Crippen molar-refractivity contribution in [2.45, 2.75) is 38.8 Å². The predicted molar refractivity (Wildman–Crippen MR) is 186 cm³/mol. The number of nitrogens with one attached hydrogen (secondary N) is 1. The summed E-state index contributed by atoms with van der Waals surface area (Å²) in [6, 6.07) is 16.4. The average molecular weight is 652 g/mol. The molecule has 0 saturated carbocycles. The van der Waals surface area contributed by atoms with E-state index in [4.69, 9.17) is 15.1 Å². The number of carbonyl (C=O) groups excluding carboxylic acids is 1. The molecule has 0 spiro atoms. The van der Waals surface area contributed by atoms with Gasteiger partial charge in [-0.2, -0.15) is 4.98 Å². The molecule has 2 amide bonds. The number of hydrogen-bond donors (Lipinski definition) is 2. The molecule has 5 heterocycles. The summed E-state index contributed by atoms with van der Waals surface area (Å²) < 4.78 is 5.33. The van der Waals surface area contributed by atoms with Crippen molar-refractivity contribution < 1.29 is 9.21 Å². The molecular weight excluding hydrogens is 606 g/mol. The van der Waals surface area contributed by atoms with Crippen LogP contribution < -0.4 is 20.9 Å². The molecule has 48 heavy (non-hydrogen) atoms. The van der Waals surface area contributed by atoms with Crippen LogP contribution in [0.25, 0.3) is 11.5 Å². The number of piperazine rings is 2. The van der Waals surface area contributed by atoms with E-state index in [9.17, 15) is 4.79 Å². The van der Waals surface area contributed by atoms with Crippen LogP contribution in [0.4, 0.5) is 27.9 Å². The number of rotatable bonds is 8. The number of primary amides is 1. The fourth-order valence-corrected chi connectivity index (χ4v) is 7.30. The van der Waals surface area contributed by atoms with Gasteiger partial charge in [0.1, 0.15) is 5.82 Å². The van der Waals surface area contributed by atoms with E-state index in [0.29, 0.717) is 37.5 Å². The Morgan fingerprint density at radius 2 is 1.69 bits per heavy atom. The highest BCUT2D eigenvalue weighted by atomic mass is 16.4. The highest BCUT2D eigenvalue weighted by Crippen LogP contribution is 2.31. The number of benzene rings is 2. The number of aromatic nitrogens is 4. The SMILES string of the molecule is CCN1CCN(C2CCN(c3ccc(Nc4ncc(C)c(N5CCN(C(N)=O)C(c6ccc(-c7nnco7)cc6)C5)n4)cc3)CC2)CC1. The molecule has 13 nitrogen and oxygen atoms in total. The molecule has 0 radical (unpaired) electrons. The molecule has 7 rings (SSSR count). The topological polar surface area (TPSA) is 136 Å². The maximum atomic E-state index is 12.4. The van der Waals surface area contributed by atoms with Crippen molar-refractivity contribution in [2.75, 3.05) is 80.6 Å². The van der Waals surface area contributed by atoms with Gasteiger partial charge in [-0.25, -0.2) is 9.78 Å². The van der Waals surface area contributed by atoms with Gasteiger partial charge < -0.3 is 35.1 Å². The lowest BCUT2D eigenvalue weighted by Gasteiger charge is -2.43. The first-order valence-corrected chi connectivity index (χ1v) is 17.0. The van der Waals surface area contributed by atoms with Crippen molar-refractivity contribution >= 4 is 29.2 Å². The second-order valence-electron chi connectivity index (χ2n) is 12.9. The Kier molecular flexibility index (Phi) is 9.39. The molecule has 252 valence electrons. The lowest BCUT2D eigenvalue weighted by atomic mass is 10.0. The van der Waals surface area contributed by atoms with Gasteiger partial charge >= 0.3 is 6.03 Å². The van der Waals surface area contributed by atoms with E-state index in [-0.39, 0.29) is 6.04 Å². The molecule has 2 aromatic carbocycles. The van der Waals surface area contributed by atoms with E-state index in [0.717, 1.165) is 47.8 Å². The lowest BCUT2D eigenvalue weighted by Crippen LogP contribution is -2.53. The first kappa shape index (κ1) is 31.8. The molecule has 13 heteroatoms. The van der Waals surface area contributed by atoms with Gasteiger partial charge in [0.2, 0.25) is 18.2 Å². The summed E-state index contributed by atoms with van der Waals surface area (Å²) in [4.78, 5) is 33.6. The number of urea groups is 1. The van der Waals surface area contributed by atoms with E-state index in [1.165, 1.54) is 51.1 Å². The van der Waals surface area contributed by atoms with Crippen molar-refractivity contribution in [3.05, 3.63) is 72.2 Å². The number of likely N-dealkylation sites (N-methyl/N-ethyl adjacent to an activating group) is 1. The van der Waals surface area contributed by atoms with Crippen LogP contribution in [0.1, 0.15) is 36.9 Å². The molecular formula is C35H45N11O2. The van der Waals surface area contributed by atoms with Crippen LogP contribution in [0, 0.1) is 6.92 Å². The fraction of sp³-hybridized carbons (Fsp3) is 0.457. The van der Waals surface area contributed by atoms with E-state index in [2.05, 4.69) is 71.3 Å². The van der Waals surface area contributed by atoms with Crippen LogP contribution in [0.2, 0.25) is 0 Å². The summed E-state index contributed by atoms with van der Waals surface area (Å²) >= 11 is 0. The summed E-state index contributed by atoms with van der Waals surface area (Å²) in [6.45, 7) is 14.0. The van der Waals surface area contributed by atoms with E-state index >= 15 is 0 Å². The molecule has 4 aromatic rings. The highest BCUT2D eigenvalue weighted by Gasteiger charge is 2.32. The first-order valence-electron chi connectivity index (χ1n) is 17.0. The van der Waals surface area contributed by atoms with Crippen molar-refractivity contribution in [3.8, 4) is 11.5 Å². The largest absolute Gasteiger partial charge is 0.423 e. The summed E-state index contributed by atoms with van der Waals surface area (Å²) in [6.07, 6.45) is 5.58. The number of carbonyl (C=O) groups is 1. The second-order valence-corrected chi connectivity index (χ2v) is 12.9. The average Bonchev–Trinajstić information content (AvgIpc) is 3.68. The van der Waals surface area contributed by atoms with Gasteiger partial charge in [-0.15, -0.1) is 10.2 Å². The minimum atomic E-state index is -0.444. The summed E-state index contributed by atoms with van der Waals surface area (Å²) in [5.74, 6) is 1.81. The summed E-state index contributed by atoms with van der Waals surface area (Å²) in [5, 5.41) is 11.1. The van der Waals surface area contributed by atoms with Gasteiger partial charge in [0.15, 0.2) is 0 Å². The van der Waals surface area contributed by atoms with Gasteiger partial charge in [0, 0.05) is 93.6 Å². The van der Waals surface area contributed by atoms with E-state index in [1.807, 2.05) is 37.4 Å². The Morgan fingerprint density at radius 1 is 0.938 bits per heavy atom. The molecule has 3 saturated heterocycles. The Bertz CT molecular complexity index is 1650. The Labute approximate surface area is 281 Å². The normalized spacial score (nSPS) is 19.9. The van der Waals surface area contributed by atoms with Crippen molar-refractivity contribution in [3.63, 3.8) is 0 Å². The predicted octanol–water partition coefficient (Wildman–Crippen LogP) is 4.13. The number of amides is 2. The van der Waals surface area contributed by atoms with Gasteiger partial charge in [-0.05, 0) is 68.3 Å². The molecule has 1 unspecified atom stereocenters. The monoisotopic (exact) mass is 651 g/mol. The van der Waals surface area contributed by atoms with Gasteiger partial charge in [-0.3, -0.25) is 4.90 Å². The van der Waals surface area contributed by atoms with Gasteiger partial charge in [-0.1, -0.05) is 19.1 Å². The number of nitrogens with zero attached hydrogens (tertiary/aromatic N) is 9. The minimum absolute atomic E-state index is 0.248. The van der Waals surface area contributed by atoms with Gasteiger partial charge in [0.05, 0.1) is 6.04 Å². The molecule has 3 fully saturated rings. The van der Waals surface area contributed by atoms with Crippen LogP contribution in [0.5, 0.6) is 0 Å². The summed E-state index contributed by atoms with van der Waals surface area (Å²) in [5.41, 5.74) is 10.8. The molecule has 0 bridgehead atoms. The quantitative estimate of drug-likeness (QED) is 0.285. The van der Waals surface area contributed by atoms with E-state index < -0.39 is 6.03 Å². The molecule has 3 N–H and O–H groups in total. The van der Waals surface area contributed by atoms with Crippen molar-refractivity contribution in [2.24, 2.45) is 5.73 Å². The van der Waals surface area contributed by atoms with Crippen LogP contribution in [-0.2, 0) is 0 Å². The Hall–Kier alpha value is -4.75. The third-order valence-corrected chi connectivity index (χ3v) is 10.1. The zero-order chi connectivity index (χ0) is 33.0.